The van der Waals surface area contributed by atoms with Gasteiger partial charge in [-0.3, -0.25) is 4.90 Å². The van der Waals surface area contributed by atoms with Gasteiger partial charge in [-0.25, -0.2) is 0 Å². The summed E-state index contributed by atoms with van der Waals surface area (Å²) < 4.78 is 7.81. The highest BCUT2D eigenvalue weighted by molar-refractivity contribution is 5.42. The Labute approximate surface area is 148 Å². The number of likely N-dealkylation sites (tertiary alicyclic amines) is 1. The van der Waals surface area contributed by atoms with Crippen LogP contribution in [0.15, 0.2) is 18.2 Å². The summed E-state index contributed by atoms with van der Waals surface area (Å²) in [7, 11) is 1.68. The molecule has 1 unspecified atom stereocenters. The quantitative estimate of drug-likeness (QED) is 0.857. The maximum absolute atomic E-state index is 9.17. The van der Waals surface area contributed by atoms with Gasteiger partial charge in [-0.15, -0.1) is 10.2 Å². The van der Waals surface area contributed by atoms with Crippen LogP contribution in [0.2, 0.25) is 0 Å². The van der Waals surface area contributed by atoms with Crippen molar-refractivity contribution in [1.82, 2.24) is 19.7 Å². The first-order chi connectivity index (χ1) is 12.3. The highest BCUT2D eigenvalue weighted by Gasteiger charge is 2.28. The molecule has 2 aliphatic rings. The highest BCUT2D eigenvalue weighted by atomic mass is 16.5. The first-order valence-electron chi connectivity index (χ1n) is 9.00. The molecule has 0 spiro atoms. The van der Waals surface area contributed by atoms with Gasteiger partial charge in [0.25, 0.3) is 0 Å². The van der Waals surface area contributed by atoms with Crippen molar-refractivity contribution in [2.45, 2.75) is 44.7 Å². The Morgan fingerprint density at radius 1 is 1.28 bits per heavy atom. The van der Waals surface area contributed by atoms with Crippen LogP contribution in [0.5, 0.6) is 5.75 Å². The highest BCUT2D eigenvalue weighted by Crippen LogP contribution is 2.30. The van der Waals surface area contributed by atoms with Crippen LogP contribution in [0, 0.1) is 11.3 Å². The molecular weight excluding hydrogens is 314 g/mol. The molecule has 1 atom stereocenters. The van der Waals surface area contributed by atoms with Crippen LogP contribution < -0.4 is 4.74 Å². The molecule has 0 aliphatic carbocycles. The Morgan fingerprint density at radius 3 is 3.04 bits per heavy atom. The number of hydrogen-bond acceptors (Lipinski definition) is 5. The van der Waals surface area contributed by atoms with Crippen molar-refractivity contribution in [2.75, 3.05) is 20.2 Å². The number of hydrogen-bond donors (Lipinski definition) is 0. The predicted molar refractivity (Wildman–Crippen MR) is 93.3 cm³/mol. The number of piperidine rings is 1. The minimum atomic E-state index is 0.443. The summed E-state index contributed by atoms with van der Waals surface area (Å²) in [5.41, 5.74) is 1.76. The number of aryl methyl sites for hydroxylation is 1. The van der Waals surface area contributed by atoms with Crippen LogP contribution in [-0.2, 0) is 19.5 Å². The maximum Gasteiger partial charge on any atom is 0.137 e. The van der Waals surface area contributed by atoms with Gasteiger partial charge in [-0.1, -0.05) is 0 Å². The molecule has 6 nitrogen and oxygen atoms in total. The molecule has 1 fully saturated rings. The molecule has 0 amide bonds. The summed E-state index contributed by atoms with van der Waals surface area (Å²) in [4.78, 5) is 2.45. The molecule has 0 N–H and O–H groups in total. The number of nitriles is 1. The molecule has 1 saturated heterocycles. The third-order valence-electron chi connectivity index (χ3n) is 5.31. The van der Waals surface area contributed by atoms with Crippen LogP contribution in [-0.4, -0.2) is 39.9 Å². The largest absolute Gasteiger partial charge is 0.496 e. The Morgan fingerprint density at radius 2 is 2.20 bits per heavy atom. The van der Waals surface area contributed by atoms with E-state index in [0.29, 0.717) is 11.5 Å². The fourth-order valence-electron chi connectivity index (χ4n) is 4.10. The zero-order valence-electron chi connectivity index (χ0n) is 14.6. The molecule has 130 valence electrons. The monoisotopic (exact) mass is 337 g/mol. The third kappa shape index (κ3) is 3.12. The molecule has 6 heteroatoms. The fraction of sp³-hybridized carbons (Fsp3) is 0.526. The third-order valence-corrected chi connectivity index (χ3v) is 5.31. The normalized spacial score (nSPS) is 20.2. The minimum absolute atomic E-state index is 0.443. The van der Waals surface area contributed by atoms with Gasteiger partial charge in [0, 0.05) is 37.5 Å². The molecule has 0 radical (unpaired) electrons. The Balaban J connectivity index is 1.51. The molecule has 2 aromatic rings. The van der Waals surface area contributed by atoms with E-state index in [2.05, 4.69) is 25.7 Å². The first-order valence-corrected chi connectivity index (χ1v) is 9.00. The lowest BCUT2D eigenvalue weighted by Crippen LogP contribution is -2.35. The second kappa shape index (κ2) is 6.85. The number of aromatic nitrogens is 3. The van der Waals surface area contributed by atoms with Crippen molar-refractivity contribution in [3.05, 3.63) is 41.0 Å². The van der Waals surface area contributed by atoms with Crippen molar-refractivity contribution < 1.29 is 4.74 Å². The van der Waals surface area contributed by atoms with E-state index in [4.69, 9.17) is 10.00 Å². The molecule has 3 heterocycles. The molecule has 1 aromatic heterocycles. The molecule has 1 aromatic carbocycles. The molecule has 4 rings (SSSR count). The number of benzene rings is 1. The van der Waals surface area contributed by atoms with Crippen molar-refractivity contribution in [3.8, 4) is 11.8 Å². The molecule has 0 saturated carbocycles. The van der Waals surface area contributed by atoms with Crippen LogP contribution in [0.3, 0.4) is 0 Å². The number of nitrogens with zero attached hydrogens (tertiary/aromatic N) is 5. The smallest absolute Gasteiger partial charge is 0.137 e. The van der Waals surface area contributed by atoms with E-state index < -0.39 is 0 Å². The lowest BCUT2D eigenvalue weighted by Gasteiger charge is -2.32. The standard InChI is InChI=1S/C19H23N5O/c1-25-17-7-6-14(11-20)10-16(17)13-23-8-2-4-15(12-23)19-22-21-18-5-3-9-24(18)19/h6-7,10,15H,2-5,8-9,12-13H2,1H3. The molecule has 25 heavy (non-hydrogen) atoms. The lowest BCUT2D eigenvalue weighted by molar-refractivity contribution is 0.192. The van der Waals surface area contributed by atoms with E-state index in [0.717, 1.165) is 62.0 Å². The second-order valence-corrected chi connectivity index (χ2v) is 6.94. The first kappa shape index (κ1) is 16.1. The van der Waals surface area contributed by atoms with Gasteiger partial charge in [0.1, 0.15) is 17.4 Å². The number of rotatable bonds is 4. The molecule has 2 aliphatic heterocycles. The number of fused-ring (bicyclic) bond motifs is 1. The van der Waals surface area contributed by atoms with Gasteiger partial charge < -0.3 is 9.30 Å². The Hall–Kier alpha value is -2.39. The van der Waals surface area contributed by atoms with E-state index in [1.165, 1.54) is 12.8 Å². The molecular formula is C19H23N5O. The Kier molecular flexibility index (Phi) is 4.41. The summed E-state index contributed by atoms with van der Waals surface area (Å²) in [5, 5.41) is 18.0. The van der Waals surface area contributed by atoms with E-state index in [9.17, 15) is 0 Å². The van der Waals surface area contributed by atoms with Crippen LogP contribution in [0.1, 0.15) is 48.0 Å². The molecule has 0 bridgehead atoms. The summed E-state index contributed by atoms with van der Waals surface area (Å²) in [6.07, 6.45) is 4.57. The average Bonchev–Trinajstić information content (AvgIpc) is 3.25. The second-order valence-electron chi connectivity index (χ2n) is 6.94. The lowest BCUT2D eigenvalue weighted by atomic mass is 9.96. The van der Waals surface area contributed by atoms with Crippen LogP contribution in [0.4, 0.5) is 0 Å². The van der Waals surface area contributed by atoms with Gasteiger partial charge in [-0.2, -0.15) is 5.26 Å². The number of methoxy groups -OCH3 is 1. The topological polar surface area (TPSA) is 67.0 Å². The summed E-state index contributed by atoms with van der Waals surface area (Å²) >= 11 is 0. The SMILES string of the molecule is COc1ccc(C#N)cc1CN1CCCC(c2nnc3n2CCC3)C1. The maximum atomic E-state index is 9.17. The zero-order chi connectivity index (χ0) is 17.2. The van der Waals surface area contributed by atoms with Gasteiger partial charge in [0.05, 0.1) is 18.7 Å². The van der Waals surface area contributed by atoms with E-state index in [1.807, 2.05) is 12.1 Å². The van der Waals surface area contributed by atoms with Crippen molar-refractivity contribution in [1.29, 1.82) is 5.26 Å². The van der Waals surface area contributed by atoms with E-state index >= 15 is 0 Å². The van der Waals surface area contributed by atoms with Crippen molar-refractivity contribution >= 4 is 0 Å². The van der Waals surface area contributed by atoms with Gasteiger partial charge in [0.2, 0.25) is 0 Å². The van der Waals surface area contributed by atoms with Crippen LogP contribution in [0.25, 0.3) is 0 Å². The van der Waals surface area contributed by atoms with Gasteiger partial charge >= 0.3 is 0 Å². The van der Waals surface area contributed by atoms with Gasteiger partial charge in [-0.05, 0) is 44.0 Å². The van der Waals surface area contributed by atoms with Gasteiger partial charge in [0.15, 0.2) is 0 Å². The summed E-state index contributed by atoms with van der Waals surface area (Å²) in [6.45, 7) is 3.91. The van der Waals surface area contributed by atoms with E-state index in [1.54, 1.807) is 13.2 Å². The Bertz CT molecular complexity index is 807. The zero-order valence-corrected chi connectivity index (χ0v) is 14.6. The van der Waals surface area contributed by atoms with Crippen molar-refractivity contribution in [2.24, 2.45) is 0 Å². The van der Waals surface area contributed by atoms with E-state index in [-0.39, 0.29) is 0 Å². The summed E-state index contributed by atoms with van der Waals surface area (Å²) in [6, 6.07) is 7.86. The average molecular weight is 337 g/mol. The van der Waals surface area contributed by atoms with Crippen LogP contribution >= 0.6 is 0 Å². The summed E-state index contributed by atoms with van der Waals surface area (Å²) in [5.74, 6) is 3.60. The fourth-order valence-corrected chi connectivity index (χ4v) is 4.10. The number of ether oxygens (including phenoxy) is 1. The van der Waals surface area contributed by atoms with Crippen molar-refractivity contribution in [3.63, 3.8) is 0 Å². The minimum Gasteiger partial charge on any atom is -0.496 e. The predicted octanol–water partition coefficient (Wildman–Crippen LogP) is 2.48.